The predicted molar refractivity (Wildman–Crippen MR) is 120 cm³/mol. The standard InChI is InChI=1S/C22H34N4O3S/c1-17(21(28)24-16-20-8-11-23-12-9-20)25-22(29)26(14-15-30-18(2)27)13-10-19-6-4-3-5-7-19/h8-9,11-12,17,19H,3-7,10,13-16H2,1-2H3,(H,24,28)(H,25,29)/t17-/m0/s1. The zero-order chi connectivity index (χ0) is 21.8. The van der Waals surface area contributed by atoms with Crippen molar-refractivity contribution < 1.29 is 14.4 Å². The molecule has 1 fully saturated rings. The van der Waals surface area contributed by atoms with E-state index < -0.39 is 6.04 Å². The molecule has 1 atom stereocenters. The van der Waals surface area contributed by atoms with Crippen LogP contribution in [0.3, 0.4) is 0 Å². The predicted octanol–water partition coefficient (Wildman–Crippen LogP) is 3.35. The molecule has 2 N–H and O–H groups in total. The van der Waals surface area contributed by atoms with E-state index in [0.29, 0.717) is 31.3 Å². The third kappa shape index (κ3) is 9.15. The molecular weight excluding hydrogens is 400 g/mol. The second-order valence-corrected chi connectivity index (χ2v) is 9.14. The maximum absolute atomic E-state index is 12.8. The van der Waals surface area contributed by atoms with Gasteiger partial charge in [0.1, 0.15) is 6.04 Å². The van der Waals surface area contributed by atoms with Crippen LogP contribution in [0.15, 0.2) is 24.5 Å². The van der Waals surface area contributed by atoms with E-state index in [-0.39, 0.29) is 17.1 Å². The van der Waals surface area contributed by atoms with E-state index in [0.717, 1.165) is 12.0 Å². The molecule has 0 unspecified atom stereocenters. The van der Waals surface area contributed by atoms with Crippen LogP contribution in [0.1, 0.15) is 57.9 Å². The molecular formula is C22H34N4O3S. The molecule has 1 aromatic heterocycles. The van der Waals surface area contributed by atoms with E-state index in [9.17, 15) is 14.4 Å². The van der Waals surface area contributed by atoms with E-state index in [2.05, 4.69) is 15.6 Å². The maximum atomic E-state index is 12.8. The molecule has 7 nitrogen and oxygen atoms in total. The summed E-state index contributed by atoms with van der Waals surface area (Å²) < 4.78 is 0. The van der Waals surface area contributed by atoms with E-state index in [4.69, 9.17) is 0 Å². The first-order valence-electron chi connectivity index (χ1n) is 10.8. The summed E-state index contributed by atoms with van der Waals surface area (Å²) in [4.78, 5) is 42.1. The number of carbonyl (C=O) groups excluding carboxylic acids is 3. The van der Waals surface area contributed by atoms with E-state index >= 15 is 0 Å². The Bertz CT molecular complexity index is 680. The lowest BCUT2D eigenvalue weighted by atomic mass is 9.87. The molecule has 30 heavy (non-hydrogen) atoms. The lowest BCUT2D eigenvalue weighted by Gasteiger charge is -2.28. The molecule has 0 aliphatic heterocycles. The number of urea groups is 1. The van der Waals surface area contributed by atoms with Gasteiger partial charge in [-0.25, -0.2) is 4.79 Å². The van der Waals surface area contributed by atoms with Gasteiger partial charge in [-0.05, 0) is 37.0 Å². The number of nitrogens with zero attached hydrogens (tertiary/aromatic N) is 2. The summed E-state index contributed by atoms with van der Waals surface area (Å²) in [7, 11) is 0. The Hall–Kier alpha value is -2.09. The summed E-state index contributed by atoms with van der Waals surface area (Å²) in [5.41, 5.74) is 0.951. The average molecular weight is 435 g/mol. The third-order valence-corrected chi connectivity index (χ3v) is 6.23. The number of amides is 3. The number of hydrogen-bond acceptors (Lipinski definition) is 5. The Labute approximate surface area is 183 Å². The van der Waals surface area contributed by atoms with Crippen molar-refractivity contribution in [1.29, 1.82) is 0 Å². The number of aromatic nitrogens is 1. The molecule has 8 heteroatoms. The summed E-state index contributed by atoms with van der Waals surface area (Å²) >= 11 is 1.22. The lowest BCUT2D eigenvalue weighted by Crippen LogP contribution is -2.50. The number of hydrogen-bond donors (Lipinski definition) is 2. The molecule has 2 rings (SSSR count). The monoisotopic (exact) mass is 434 g/mol. The van der Waals surface area contributed by atoms with Crippen molar-refractivity contribution in [3.63, 3.8) is 0 Å². The number of nitrogens with one attached hydrogen (secondary N) is 2. The molecule has 1 aromatic rings. The van der Waals surface area contributed by atoms with Crippen LogP contribution in [0.25, 0.3) is 0 Å². The van der Waals surface area contributed by atoms with Crippen molar-refractivity contribution in [3.05, 3.63) is 30.1 Å². The third-order valence-electron chi connectivity index (χ3n) is 5.44. The Kier molecular flexibility index (Phi) is 10.7. The molecule has 1 heterocycles. The van der Waals surface area contributed by atoms with Gasteiger partial charge in [0.2, 0.25) is 5.91 Å². The Morgan fingerprint density at radius 2 is 1.87 bits per heavy atom. The van der Waals surface area contributed by atoms with E-state index in [1.54, 1.807) is 24.2 Å². The largest absolute Gasteiger partial charge is 0.350 e. The van der Waals surface area contributed by atoms with Crippen LogP contribution in [0, 0.1) is 5.92 Å². The fourth-order valence-electron chi connectivity index (χ4n) is 3.61. The molecule has 1 aliphatic rings. The normalized spacial score (nSPS) is 15.3. The highest BCUT2D eigenvalue weighted by Crippen LogP contribution is 2.26. The fraction of sp³-hybridized carbons (Fsp3) is 0.636. The van der Waals surface area contributed by atoms with Crippen LogP contribution in [0.2, 0.25) is 0 Å². The van der Waals surface area contributed by atoms with Gasteiger partial charge in [-0.15, -0.1) is 0 Å². The highest BCUT2D eigenvalue weighted by Gasteiger charge is 2.22. The molecule has 0 spiro atoms. The zero-order valence-corrected chi connectivity index (χ0v) is 18.9. The van der Waals surface area contributed by atoms with Gasteiger partial charge in [-0.2, -0.15) is 0 Å². The minimum atomic E-state index is -0.642. The van der Waals surface area contributed by atoms with Crippen LogP contribution in [-0.4, -0.2) is 51.8 Å². The minimum Gasteiger partial charge on any atom is -0.350 e. The first-order chi connectivity index (χ1) is 14.5. The molecule has 1 saturated carbocycles. The van der Waals surface area contributed by atoms with Crippen LogP contribution >= 0.6 is 11.8 Å². The smallest absolute Gasteiger partial charge is 0.318 e. The molecule has 0 saturated heterocycles. The summed E-state index contributed by atoms with van der Waals surface area (Å²) in [5, 5.41) is 5.69. The summed E-state index contributed by atoms with van der Waals surface area (Å²) in [6.07, 6.45) is 10.6. The van der Waals surface area contributed by atoms with Gasteiger partial charge in [-0.3, -0.25) is 14.6 Å². The topological polar surface area (TPSA) is 91.4 Å². The Balaban J connectivity index is 1.83. The molecule has 1 aliphatic carbocycles. The van der Waals surface area contributed by atoms with E-state index in [1.807, 2.05) is 12.1 Å². The SMILES string of the molecule is CC(=O)SCCN(CCC1CCCCC1)C(=O)N[C@@H](C)C(=O)NCc1ccncc1. The van der Waals surface area contributed by atoms with E-state index in [1.165, 1.54) is 50.8 Å². The molecule has 0 aromatic carbocycles. The highest BCUT2D eigenvalue weighted by atomic mass is 32.2. The number of pyridine rings is 1. The van der Waals surface area contributed by atoms with Gasteiger partial charge in [0.05, 0.1) is 0 Å². The van der Waals surface area contributed by atoms with Crippen LogP contribution < -0.4 is 10.6 Å². The first-order valence-corrected chi connectivity index (χ1v) is 11.8. The summed E-state index contributed by atoms with van der Waals surface area (Å²) in [5.74, 6) is 0.997. The number of thioether (sulfide) groups is 1. The van der Waals surface area contributed by atoms with Gasteiger partial charge in [0.15, 0.2) is 5.12 Å². The molecule has 0 bridgehead atoms. The number of carbonyl (C=O) groups is 3. The Morgan fingerprint density at radius 3 is 2.53 bits per heavy atom. The van der Waals surface area contributed by atoms with Gasteiger partial charge in [0, 0.05) is 44.7 Å². The zero-order valence-electron chi connectivity index (χ0n) is 18.1. The maximum Gasteiger partial charge on any atom is 0.318 e. The van der Waals surface area contributed by atoms with Gasteiger partial charge < -0.3 is 15.5 Å². The van der Waals surface area contributed by atoms with Crippen molar-refractivity contribution in [2.24, 2.45) is 5.92 Å². The van der Waals surface area contributed by atoms with Gasteiger partial charge >= 0.3 is 6.03 Å². The van der Waals surface area contributed by atoms with Crippen molar-refractivity contribution >= 4 is 28.8 Å². The summed E-state index contributed by atoms with van der Waals surface area (Å²) in [6, 6.07) is 2.78. The fourth-order valence-corrected chi connectivity index (χ4v) is 4.21. The van der Waals surface area contributed by atoms with Crippen molar-refractivity contribution in [3.8, 4) is 0 Å². The van der Waals surface area contributed by atoms with Crippen LogP contribution in [0.4, 0.5) is 4.79 Å². The van der Waals surface area contributed by atoms with Crippen molar-refractivity contribution in [2.75, 3.05) is 18.8 Å². The molecule has 0 radical (unpaired) electrons. The summed E-state index contributed by atoms with van der Waals surface area (Å²) in [6.45, 7) is 4.76. The Morgan fingerprint density at radius 1 is 1.17 bits per heavy atom. The van der Waals surface area contributed by atoms with Gasteiger partial charge in [0.25, 0.3) is 0 Å². The highest BCUT2D eigenvalue weighted by molar-refractivity contribution is 8.13. The van der Waals surface area contributed by atoms with Crippen molar-refractivity contribution in [1.82, 2.24) is 20.5 Å². The first kappa shape index (κ1) is 24.2. The lowest BCUT2D eigenvalue weighted by molar-refractivity contribution is -0.122. The molecule has 3 amide bonds. The quantitative estimate of drug-likeness (QED) is 0.589. The van der Waals surface area contributed by atoms with Crippen LogP contribution in [-0.2, 0) is 16.1 Å². The molecule has 166 valence electrons. The second-order valence-electron chi connectivity index (χ2n) is 7.86. The van der Waals surface area contributed by atoms with Crippen LogP contribution in [0.5, 0.6) is 0 Å². The number of rotatable bonds is 10. The van der Waals surface area contributed by atoms with Gasteiger partial charge in [-0.1, -0.05) is 43.9 Å². The minimum absolute atomic E-state index is 0.0477. The average Bonchev–Trinajstić information content (AvgIpc) is 2.75. The second kappa shape index (κ2) is 13.3. The van der Waals surface area contributed by atoms with Crippen molar-refractivity contribution in [2.45, 2.75) is 65.0 Å².